The highest BCUT2D eigenvalue weighted by Gasteiger charge is 2.25. The van der Waals surface area contributed by atoms with Crippen LogP contribution in [0.25, 0.3) is 0 Å². The van der Waals surface area contributed by atoms with Crippen LogP contribution in [0.4, 0.5) is 0 Å². The fourth-order valence-corrected chi connectivity index (χ4v) is 2.07. The van der Waals surface area contributed by atoms with Crippen LogP contribution < -0.4 is 5.73 Å². The molecule has 0 fully saturated rings. The molecular formula is C13H28N2O2. The Morgan fingerprint density at radius 1 is 1.24 bits per heavy atom. The molecule has 0 bridgehead atoms. The molecule has 0 rings (SSSR count). The Bertz CT molecular complexity index is 202. The fourth-order valence-electron chi connectivity index (χ4n) is 2.07. The van der Waals surface area contributed by atoms with E-state index < -0.39 is 0 Å². The fraction of sp³-hybridized carbons (Fsp3) is 0.923. The normalized spacial score (nSPS) is 12.8. The molecule has 0 aromatic heterocycles. The number of carbonyl (C=O) groups excluding carboxylic acids is 1. The van der Waals surface area contributed by atoms with E-state index in [1.165, 1.54) is 0 Å². The molecule has 4 heteroatoms. The number of nitrogens with zero attached hydrogens (tertiary/aromatic N) is 1. The number of hydrogen-bond acceptors (Lipinski definition) is 3. The minimum atomic E-state index is -0.0487. The Kier molecular flexibility index (Phi) is 9.09. The standard InChI is InChI=1S/C13H28N2O2/c1-5-11(10-14)13(16)15(8-9-17-4)12(6-2)7-3/h11-12H,5-10,14H2,1-4H3. The zero-order valence-corrected chi connectivity index (χ0v) is 11.7. The molecule has 0 aliphatic rings. The van der Waals surface area contributed by atoms with Gasteiger partial charge in [0, 0.05) is 26.2 Å². The maximum atomic E-state index is 12.4. The summed E-state index contributed by atoms with van der Waals surface area (Å²) in [6, 6.07) is 0.304. The summed E-state index contributed by atoms with van der Waals surface area (Å²) in [4.78, 5) is 14.3. The number of nitrogens with two attached hydrogens (primary N) is 1. The van der Waals surface area contributed by atoms with Gasteiger partial charge in [-0.25, -0.2) is 0 Å². The van der Waals surface area contributed by atoms with Gasteiger partial charge in [-0.3, -0.25) is 4.79 Å². The van der Waals surface area contributed by atoms with Crippen LogP contribution in [0, 0.1) is 5.92 Å². The van der Waals surface area contributed by atoms with Crippen LogP contribution in [0.1, 0.15) is 40.0 Å². The molecule has 0 aromatic rings. The summed E-state index contributed by atoms with van der Waals surface area (Å²) in [6.07, 6.45) is 2.76. The molecule has 4 nitrogen and oxygen atoms in total. The van der Waals surface area contributed by atoms with E-state index in [1.54, 1.807) is 7.11 Å². The van der Waals surface area contributed by atoms with Gasteiger partial charge < -0.3 is 15.4 Å². The van der Waals surface area contributed by atoms with Gasteiger partial charge in [0.05, 0.1) is 12.5 Å². The van der Waals surface area contributed by atoms with Crippen LogP contribution in [0.3, 0.4) is 0 Å². The molecule has 0 aliphatic heterocycles. The zero-order chi connectivity index (χ0) is 13.3. The predicted molar refractivity (Wildman–Crippen MR) is 70.8 cm³/mol. The first-order valence-electron chi connectivity index (χ1n) is 6.65. The van der Waals surface area contributed by atoms with Crippen molar-refractivity contribution in [1.82, 2.24) is 4.90 Å². The molecule has 1 unspecified atom stereocenters. The van der Waals surface area contributed by atoms with Crippen molar-refractivity contribution in [2.24, 2.45) is 11.7 Å². The van der Waals surface area contributed by atoms with Gasteiger partial charge in [-0.1, -0.05) is 20.8 Å². The van der Waals surface area contributed by atoms with Crippen molar-refractivity contribution in [3.8, 4) is 0 Å². The van der Waals surface area contributed by atoms with Gasteiger partial charge in [0.15, 0.2) is 0 Å². The summed E-state index contributed by atoms with van der Waals surface area (Å²) < 4.78 is 5.08. The van der Waals surface area contributed by atoms with Crippen LogP contribution in [-0.4, -0.2) is 43.7 Å². The number of hydrogen-bond donors (Lipinski definition) is 1. The molecule has 0 radical (unpaired) electrons. The maximum Gasteiger partial charge on any atom is 0.227 e. The first-order valence-corrected chi connectivity index (χ1v) is 6.65. The molecule has 1 amide bonds. The highest BCUT2D eigenvalue weighted by Crippen LogP contribution is 2.14. The van der Waals surface area contributed by atoms with E-state index in [0.717, 1.165) is 19.3 Å². The second-order valence-electron chi connectivity index (χ2n) is 4.34. The molecular weight excluding hydrogens is 216 g/mol. The first-order chi connectivity index (χ1) is 8.15. The van der Waals surface area contributed by atoms with E-state index in [2.05, 4.69) is 13.8 Å². The SMILES string of the molecule is CCC(CN)C(=O)N(CCOC)C(CC)CC. The van der Waals surface area contributed by atoms with Crippen LogP contribution in [0.15, 0.2) is 0 Å². The third-order valence-corrected chi connectivity index (χ3v) is 3.33. The van der Waals surface area contributed by atoms with Gasteiger partial charge in [-0.15, -0.1) is 0 Å². The average Bonchev–Trinajstić information content (AvgIpc) is 2.35. The molecule has 17 heavy (non-hydrogen) atoms. The lowest BCUT2D eigenvalue weighted by molar-refractivity contribution is -0.138. The summed E-state index contributed by atoms with van der Waals surface area (Å²) in [6.45, 7) is 7.92. The maximum absolute atomic E-state index is 12.4. The van der Waals surface area contributed by atoms with E-state index in [1.807, 2.05) is 11.8 Å². The van der Waals surface area contributed by atoms with E-state index >= 15 is 0 Å². The number of ether oxygens (including phenoxy) is 1. The lowest BCUT2D eigenvalue weighted by Gasteiger charge is -2.33. The van der Waals surface area contributed by atoms with E-state index in [0.29, 0.717) is 25.7 Å². The van der Waals surface area contributed by atoms with E-state index in [9.17, 15) is 4.79 Å². The third-order valence-electron chi connectivity index (χ3n) is 3.33. The molecule has 0 saturated heterocycles. The Labute approximate surface area is 105 Å². The Morgan fingerprint density at radius 2 is 1.82 bits per heavy atom. The summed E-state index contributed by atoms with van der Waals surface area (Å²) in [7, 11) is 1.66. The van der Waals surface area contributed by atoms with Crippen molar-refractivity contribution in [3.05, 3.63) is 0 Å². The van der Waals surface area contributed by atoms with Gasteiger partial charge in [0.25, 0.3) is 0 Å². The largest absolute Gasteiger partial charge is 0.383 e. The Hall–Kier alpha value is -0.610. The summed E-state index contributed by atoms with van der Waals surface area (Å²) in [5, 5.41) is 0. The third kappa shape index (κ3) is 5.04. The topological polar surface area (TPSA) is 55.6 Å². The van der Waals surface area contributed by atoms with Crippen molar-refractivity contribution >= 4 is 5.91 Å². The van der Waals surface area contributed by atoms with Crippen molar-refractivity contribution in [1.29, 1.82) is 0 Å². The number of carbonyl (C=O) groups is 1. The molecule has 0 saturated carbocycles. The van der Waals surface area contributed by atoms with Gasteiger partial charge in [0.1, 0.15) is 0 Å². The van der Waals surface area contributed by atoms with Crippen LogP contribution in [0.5, 0.6) is 0 Å². The molecule has 2 N–H and O–H groups in total. The van der Waals surface area contributed by atoms with Gasteiger partial charge in [-0.2, -0.15) is 0 Å². The second kappa shape index (κ2) is 9.42. The molecule has 0 heterocycles. The quantitative estimate of drug-likeness (QED) is 0.671. The van der Waals surface area contributed by atoms with Crippen molar-refractivity contribution < 1.29 is 9.53 Å². The van der Waals surface area contributed by atoms with Gasteiger partial charge >= 0.3 is 0 Å². The van der Waals surface area contributed by atoms with Crippen molar-refractivity contribution in [2.75, 3.05) is 26.8 Å². The smallest absolute Gasteiger partial charge is 0.227 e. The van der Waals surface area contributed by atoms with E-state index in [4.69, 9.17) is 10.5 Å². The molecule has 0 spiro atoms. The summed E-state index contributed by atoms with van der Waals surface area (Å²) in [5.74, 6) is 0.133. The Balaban J connectivity index is 4.69. The lowest BCUT2D eigenvalue weighted by Crippen LogP contribution is -2.46. The van der Waals surface area contributed by atoms with Crippen molar-refractivity contribution in [2.45, 2.75) is 46.1 Å². The number of amides is 1. The highest BCUT2D eigenvalue weighted by atomic mass is 16.5. The highest BCUT2D eigenvalue weighted by molar-refractivity contribution is 5.79. The molecule has 0 aromatic carbocycles. The molecule has 1 atom stereocenters. The molecule has 0 aliphatic carbocycles. The number of methoxy groups -OCH3 is 1. The summed E-state index contributed by atoms with van der Waals surface area (Å²) in [5.41, 5.74) is 5.65. The Morgan fingerprint density at radius 3 is 2.18 bits per heavy atom. The van der Waals surface area contributed by atoms with Gasteiger partial charge in [-0.05, 0) is 19.3 Å². The zero-order valence-electron chi connectivity index (χ0n) is 11.7. The predicted octanol–water partition coefficient (Wildman–Crippen LogP) is 1.63. The molecule has 102 valence electrons. The van der Waals surface area contributed by atoms with E-state index in [-0.39, 0.29) is 11.8 Å². The monoisotopic (exact) mass is 244 g/mol. The van der Waals surface area contributed by atoms with Gasteiger partial charge in [0.2, 0.25) is 5.91 Å². The average molecular weight is 244 g/mol. The second-order valence-corrected chi connectivity index (χ2v) is 4.34. The first kappa shape index (κ1) is 16.4. The van der Waals surface area contributed by atoms with Crippen LogP contribution in [-0.2, 0) is 9.53 Å². The minimum Gasteiger partial charge on any atom is -0.383 e. The van der Waals surface area contributed by atoms with Crippen molar-refractivity contribution in [3.63, 3.8) is 0 Å². The summed E-state index contributed by atoms with van der Waals surface area (Å²) >= 11 is 0. The van der Waals surface area contributed by atoms with Crippen LogP contribution >= 0.6 is 0 Å². The number of rotatable bonds is 9. The lowest BCUT2D eigenvalue weighted by atomic mass is 10.0. The van der Waals surface area contributed by atoms with Crippen LogP contribution in [0.2, 0.25) is 0 Å². The minimum absolute atomic E-state index is 0.0487.